The topological polar surface area (TPSA) is 55.1 Å². The van der Waals surface area contributed by atoms with Crippen LogP contribution in [0.4, 0.5) is 0 Å². The van der Waals surface area contributed by atoms with E-state index in [2.05, 4.69) is 12.0 Å². The molecule has 0 aliphatic heterocycles. The smallest absolute Gasteiger partial charge is 0.356 e. The third kappa shape index (κ3) is 2.08. The number of aromatic nitrogens is 2. The van der Waals surface area contributed by atoms with Crippen LogP contribution in [0.5, 0.6) is 0 Å². The molecule has 0 bridgehead atoms. The predicted molar refractivity (Wildman–Crippen MR) is 48.9 cm³/mol. The SMILES string of the molecule is CCCc1cc(C(=O)O)nn1CC. The van der Waals surface area contributed by atoms with Gasteiger partial charge in [0.05, 0.1) is 0 Å². The van der Waals surface area contributed by atoms with Crippen LogP contribution < -0.4 is 0 Å². The second-order valence-corrected chi connectivity index (χ2v) is 2.89. The number of hydrogen-bond acceptors (Lipinski definition) is 2. The van der Waals surface area contributed by atoms with Crippen LogP contribution in [0.25, 0.3) is 0 Å². The number of hydrogen-bond donors (Lipinski definition) is 1. The Hall–Kier alpha value is -1.32. The monoisotopic (exact) mass is 182 g/mol. The fourth-order valence-electron chi connectivity index (χ4n) is 1.29. The molecule has 1 aromatic heterocycles. The molecule has 0 aliphatic rings. The minimum Gasteiger partial charge on any atom is -0.476 e. The zero-order chi connectivity index (χ0) is 9.84. The molecule has 13 heavy (non-hydrogen) atoms. The summed E-state index contributed by atoms with van der Waals surface area (Å²) in [6.07, 6.45) is 1.89. The van der Waals surface area contributed by atoms with Gasteiger partial charge in [-0.25, -0.2) is 4.79 Å². The average Bonchev–Trinajstić information content (AvgIpc) is 2.48. The van der Waals surface area contributed by atoms with Crippen molar-refractivity contribution in [2.45, 2.75) is 33.2 Å². The van der Waals surface area contributed by atoms with Crippen molar-refractivity contribution in [1.29, 1.82) is 0 Å². The Morgan fingerprint density at radius 2 is 2.31 bits per heavy atom. The molecule has 0 aromatic carbocycles. The third-order valence-corrected chi connectivity index (χ3v) is 1.89. The highest BCUT2D eigenvalue weighted by Gasteiger charge is 2.10. The fourth-order valence-corrected chi connectivity index (χ4v) is 1.29. The van der Waals surface area contributed by atoms with Gasteiger partial charge in [0, 0.05) is 12.2 Å². The van der Waals surface area contributed by atoms with E-state index < -0.39 is 5.97 Å². The van der Waals surface area contributed by atoms with Gasteiger partial charge >= 0.3 is 5.97 Å². The van der Waals surface area contributed by atoms with Gasteiger partial charge in [0.1, 0.15) is 0 Å². The summed E-state index contributed by atoms with van der Waals surface area (Å²) in [5.74, 6) is -0.954. The maximum Gasteiger partial charge on any atom is 0.356 e. The van der Waals surface area contributed by atoms with E-state index in [1.807, 2.05) is 6.92 Å². The van der Waals surface area contributed by atoms with Gasteiger partial charge in [-0.3, -0.25) is 4.68 Å². The number of nitrogens with zero attached hydrogens (tertiary/aromatic N) is 2. The molecule has 0 unspecified atom stereocenters. The summed E-state index contributed by atoms with van der Waals surface area (Å²) >= 11 is 0. The first kappa shape index (κ1) is 9.77. The van der Waals surface area contributed by atoms with Crippen LogP contribution >= 0.6 is 0 Å². The van der Waals surface area contributed by atoms with Gasteiger partial charge in [0.15, 0.2) is 5.69 Å². The summed E-state index contributed by atoms with van der Waals surface area (Å²) in [4.78, 5) is 10.6. The van der Waals surface area contributed by atoms with E-state index in [9.17, 15) is 4.79 Å². The molecule has 0 spiro atoms. The summed E-state index contributed by atoms with van der Waals surface area (Å²) in [6, 6.07) is 1.65. The first-order chi connectivity index (χ1) is 6.19. The number of carboxylic acids is 1. The van der Waals surface area contributed by atoms with Gasteiger partial charge in [0.25, 0.3) is 0 Å². The van der Waals surface area contributed by atoms with Gasteiger partial charge in [-0.15, -0.1) is 0 Å². The van der Waals surface area contributed by atoms with Gasteiger partial charge < -0.3 is 5.11 Å². The Labute approximate surface area is 77.2 Å². The zero-order valence-corrected chi connectivity index (χ0v) is 7.95. The first-order valence-corrected chi connectivity index (χ1v) is 4.49. The maximum atomic E-state index is 10.6. The second-order valence-electron chi connectivity index (χ2n) is 2.89. The lowest BCUT2D eigenvalue weighted by molar-refractivity contribution is 0.0689. The molecule has 0 fully saturated rings. The summed E-state index contributed by atoms with van der Waals surface area (Å²) < 4.78 is 1.74. The van der Waals surface area contributed by atoms with Crippen LogP contribution in [-0.2, 0) is 13.0 Å². The highest BCUT2D eigenvalue weighted by molar-refractivity contribution is 5.85. The molecule has 0 aliphatic carbocycles. The van der Waals surface area contributed by atoms with E-state index in [0.717, 1.165) is 25.1 Å². The molecule has 0 radical (unpaired) electrons. The van der Waals surface area contributed by atoms with Crippen molar-refractivity contribution >= 4 is 5.97 Å². The normalized spacial score (nSPS) is 10.3. The number of carboxylic acid groups (broad SMARTS) is 1. The molecular weight excluding hydrogens is 168 g/mol. The number of carbonyl (C=O) groups is 1. The van der Waals surface area contributed by atoms with Gasteiger partial charge in [-0.05, 0) is 19.4 Å². The Kier molecular flexibility index (Phi) is 3.06. The Balaban J connectivity index is 2.96. The molecule has 0 atom stereocenters. The van der Waals surface area contributed by atoms with E-state index >= 15 is 0 Å². The van der Waals surface area contributed by atoms with Crippen molar-refractivity contribution in [2.75, 3.05) is 0 Å². The lowest BCUT2D eigenvalue weighted by Crippen LogP contribution is -2.03. The summed E-state index contributed by atoms with van der Waals surface area (Å²) in [5.41, 5.74) is 1.15. The van der Waals surface area contributed by atoms with Crippen LogP contribution in [0.15, 0.2) is 6.07 Å². The number of aromatic carboxylic acids is 1. The van der Waals surface area contributed by atoms with Crippen molar-refractivity contribution in [1.82, 2.24) is 9.78 Å². The molecule has 72 valence electrons. The largest absolute Gasteiger partial charge is 0.476 e. The Bertz CT molecular complexity index is 305. The summed E-state index contributed by atoms with van der Waals surface area (Å²) in [6.45, 7) is 4.74. The molecule has 1 N–H and O–H groups in total. The van der Waals surface area contributed by atoms with E-state index in [4.69, 9.17) is 5.11 Å². The Morgan fingerprint density at radius 3 is 2.77 bits per heavy atom. The van der Waals surface area contributed by atoms with E-state index in [1.165, 1.54) is 0 Å². The van der Waals surface area contributed by atoms with Crippen molar-refractivity contribution in [3.05, 3.63) is 17.5 Å². The second kappa shape index (κ2) is 4.07. The van der Waals surface area contributed by atoms with Gasteiger partial charge in [0.2, 0.25) is 0 Å². The van der Waals surface area contributed by atoms with Crippen LogP contribution in [0.3, 0.4) is 0 Å². The number of aryl methyl sites for hydroxylation is 2. The lowest BCUT2D eigenvalue weighted by Gasteiger charge is -2.00. The lowest BCUT2D eigenvalue weighted by atomic mass is 10.2. The maximum absolute atomic E-state index is 10.6. The molecule has 4 heteroatoms. The van der Waals surface area contributed by atoms with Crippen molar-refractivity contribution in [3.8, 4) is 0 Å². The van der Waals surface area contributed by atoms with Crippen molar-refractivity contribution in [2.24, 2.45) is 0 Å². The molecule has 1 rings (SSSR count). The molecule has 1 aromatic rings. The molecule has 0 amide bonds. The average molecular weight is 182 g/mol. The molecule has 0 saturated carbocycles. The van der Waals surface area contributed by atoms with E-state index in [0.29, 0.717) is 0 Å². The van der Waals surface area contributed by atoms with Crippen LogP contribution in [-0.4, -0.2) is 20.9 Å². The Morgan fingerprint density at radius 1 is 1.62 bits per heavy atom. The van der Waals surface area contributed by atoms with Crippen LogP contribution in [0.2, 0.25) is 0 Å². The first-order valence-electron chi connectivity index (χ1n) is 4.49. The van der Waals surface area contributed by atoms with E-state index in [-0.39, 0.29) is 5.69 Å². The fraction of sp³-hybridized carbons (Fsp3) is 0.556. The molecule has 1 heterocycles. The number of rotatable bonds is 4. The molecule has 0 saturated heterocycles. The van der Waals surface area contributed by atoms with E-state index in [1.54, 1.807) is 10.7 Å². The highest BCUT2D eigenvalue weighted by atomic mass is 16.4. The minimum absolute atomic E-state index is 0.144. The van der Waals surface area contributed by atoms with Gasteiger partial charge in [-0.2, -0.15) is 5.10 Å². The van der Waals surface area contributed by atoms with Crippen molar-refractivity contribution in [3.63, 3.8) is 0 Å². The highest BCUT2D eigenvalue weighted by Crippen LogP contribution is 2.07. The minimum atomic E-state index is -0.954. The molecule has 4 nitrogen and oxygen atoms in total. The standard InChI is InChI=1S/C9H14N2O2/c1-3-5-7-6-8(9(12)13)10-11(7)4-2/h6H,3-5H2,1-2H3,(H,12,13). The van der Waals surface area contributed by atoms with Gasteiger partial charge in [-0.1, -0.05) is 13.3 Å². The molecular formula is C9H14N2O2. The predicted octanol–water partition coefficient (Wildman–Crippen LogP) is 1.55. The van der Waals surface area contributed by atoms with Crippen LogP contribution in [0, 0.1) is 0 Å². The quantitative estimate of drug-likeness (QED) is 0.768. The zero-order valence-electron chi connectivity index (χ0n) is 7.95. The van der Waals surface area contributed by atoms with Crippen LogP contribution in [0.1, 0.15) is 36.5 Å². The summed E-state index contributed by atoms with van der Waals surface area (Å²) in [7, 11) is 0. The van der Waals surface area contributed by atoms with Crippen molar-refractivity contribution < 1.29 is 9.90 Å². The summed E-state index contributed by atoms with van der Waals surface area (Å²) in [5, 5.41) is 12.7. The third-order valence-electron chi connectivity index (χ3n) is 1.89.